The molecule has 0 radical (unpaired) electrons. The lowest BCUT2D eigenvalue weighted by molar-refractivity contribution is -0.380. The summed E-state index contributed by atoms with van der Waals surface area (Å²) in [7, 11) is 0. The molecule has 2 aromatic rings. The average molecular weight is 317 g/mol. The van der Waals surface area contributed by atoms with Crippen molar-refractivity contribution in [3.8, 4) is 6.07 Å². The van der Waals surface area contributed by atoms with E-state index in [4.69, 9.17) is 5.26 Å². The van der Waals surface area contributed by atoms with Gasteiger partial charge in [-0.25, -0.2) is 4.39 Å². The summed E-state index contributed by atoms with van der Waals surface area (Å²) in [5, 5.41) is 23.5. The number of hydrogen-bond donors (Lipinski definition) is 1. The Bertz CT molecular complexity index is 790. The zero-order valence-corrected chi connectivity index (χ0v) is 11.8. The maximum Gasteiger partial charge on any atom is 0.324 e. The van der Waals surface area contributed by atoms with E-state index < -0.39 is 16.6 Å². The summed E-state index contributed by atoms with van der Waals surface area (Å²) in [5.41, 5.74) is 0.517. The lowest BCUT2D eigenvalue weighted by Crippen LogP contribution is -2.13. The molecule has 0 saturated carbocycles. The Morgan fingerprint density at radius 1 is 1.41 bits per heavy atom. The number of nitro groups is 1. The average Bonchev–Trinajstić information content (AvgIpc) is 2.96. The van der Waals surface area contributed by atoms with Crippen molar-refractivity contribution in [1.82, 2.24) is 0 Å². The molecular formula is C14H8FN3O3S. The molecule has 1 amide bonds. The lowest BCUT2D eigenvalue weighted by Gasteiger charge is -2.03. The number of anilines is 1. The predicted octanol–water partition coefficient (Wildman–Crippen LogP) is 3.34. The fourth-order valence-electron chi connectivity index (χ4n) is 1.56. The fourth-order valence-corrected chi connectivity index (χ4v) is 2.24. The molecule has 6 nitrogen and oxygen atoms in total. The standard InChI is InChI=1S/C14H8FN3O3S/c15-11-1-3-12(4-2-11)17-14(19)10(7-16)5-9-6-13(18(20)21)22-8-9/h1-6,8H,(H,17,19)/b10-5-. The minimum atomic E-state index is -0.678. The summed E-state index contributed by atoms with van der Waals surface area (Å²) in [6.07, 6.45) is 1.25. The van der Waals surface area contributed by atoms with E-state index in [0.29, 0.717) is 11.3 Å². The summed E-state index contributed by atoms with van der Waals surface area (Å²) in [5.74, 6) is -1.12. The second-order valence-corrected chi connectivity index (χ2v) is 5.00. The first-order valence-electron chi connectivity index (χ1n) is 5.91. The molecule has 1 aromatic heterocycles. The van der Waals surface area contributed by atoms with Gasteiger partial charge >= 0.3 is 5.00 Å². The van der Waals surface area contributed by atoms with Crippen molar-refractivity contribution >= 4 is 34.0 Å². The molecule has 0 bridgehead atoms. The number of nitrogens with zero attached hydrogens (tertiary/aromatic N) is 2. The largest absolute Gasteiger partial charge is 0.324 e. The second-order valence-electron chi connectivity index (χ2n) is 4.11. The van der Waals surface area contributed by atoms with Gasteiger partial charge in [-0.2, -0.15) is 5.26 Å². The number of thiophene rings is 1. The molecule has 1 aromatic carbocycles. The Hall–Kier alpha value is -3.05. The third-order valence-electron chi connectivity index (χ3n) is 2.56. The van der Waals surface area contributed by atoms with E-state index in [9.17, 15) is 19.3 Å². The molecule has 1 heterocycles. The molecule has 0 aliphatic heterocycles. The predicted molar refractivity (Wildman–Crippen MR) is 79.6 cm³/mol. The first-order chi connectivity index (χ1) is 10.5. The van der Waals surface area contributed by atoms with Gasteiger partial charge in [0.2, 0.25) is 0 Å². The maximum atomic E-state index is 12.8. The normalized spacial score (nSPS) is 10.8. The van der Waals surface area contributed by atoms with Crippen molar-refractivity contribution in [2.24, 2.45) is 0 Å². The van der Waals surface area contributed by atoms with E-state index in [1.807, 2.05) is 0 Å². The van der Waals surface area contributed by atoms with Crippen LogP contribution in [0.4, 0.5) is 15.1 Å². The Labute approximate surface area is 128 Å². The van der Waals surface area contributed by atoms with E-state index >= 15 is 0 Å². The van der Waals surface area contributed by atoms with Crippen LogP contribution >= 0.6 is 11.3 Å². The number of rotatable bonds is 4. The first kappa shape index (κ1) is 15.3. The number of hydrogen-bond acceptors (Lipinski definition) is 5. The van der Waals surface area contributed by atoms with E-state index in [2.05, 4.69) is 5.32 Å². The summed E-state index contributed by atoms with van der Waals surface area (Å²) in [6.45, 7) is 0. The quantitative estimate of drug-likeness (QED) is 0.405. The van der Waals surface area contributed by atoms with E-state index in [0.717, 1.165) is 11.3 Å². The highest BCUT2D eigenvalue weighted by atomic mass is 32.1. The van der Waals surface area contributed by atoms with Crippen LogP contribution in [0.15, 0.2) is 41.3 Å². The lowest BCUT2D eigenvalue weighted by atomic mass is 10.2. The highest BCUT2D eigenvalue weighted by Gasteiger charge is 2.13. The van der Waals surface area contributed by atoms with Crippen LogP contribution < -0.4 is 5.32 Å². The summed E-state index contributed by atoms with van der Waals surface area (Å²) in [4.78, 5) is 22.0. The maximum absolute atomic E-state index is 12.8. The number of carbonyl (C=O) groups is 1. The minimum Gasteiger partial charge on any atom is -0.321 e. The molecule has 0 unspecified atom stereocenters. The smallest absolute Gasteiger partial charge is 0.321 e. The zero-order valence-electron chi connectivity index (χ0n) is 10.9. The van der Waals surface area contributed by atoms with Gasteiger partial charge in [0.15, 0.2) is 0 Å². The van der Waals surface area contributed by atoms with Crippen LogP contribution in [0.25, 0.3) is 6.08 Å². The number of nitriles is 1. The molecule has 0 fully saturated rings. The van der Waals surface area contributed by atoms with Crippen molar-refractivity contribution in [1.29, 1.82) is 5.26 Å². The van der Waals surface area contributed by atoms with Crippen molar-refractivity contribution in [2.45, 2.75) is 0 Å². The monoisotopic (exact) mass is 317 g/mol. The highest BCUT2D eigenvalue weighted by Crippen LogP contribution is 2.24. The molecule has 0 aliphatic carbocycles. The van der Waals surface area contributed by atoms with Gasteiger partial charge in [0.25, 0.3) is 5.91 Å². The van der Waals surface area contributed by atoms with Crippen molar-refractivity contribution < 1.29 is 14.1 Å². The van der Waals surface area contributed by atoms with Gasteiger partial charge in [-0.1, -0.05) is 11.3 Å². The van der Waals surface area contributed by atoms with Gasteiger partial charge in [-0.15, -0.1) is 0 Å². The highest BCUT2D eigenvalue weighted by molar-refractivity contribution is 7.13. The van der Waals surface area contributed by atoms with E-state index in [-0.39, 0.29) is 10.6 Å². The minimum absolute atomic E-state index is 0.0810. The van der Waals surface area contributed by atoms with Gasteiger partial charge in [0.1, 0.15) is 17.5 Å². The van der Waals surface area contributed by atoms with Crippen molar-refractivity contribution in [2.75, 3.05) is 5.32 Å². The van der Waals surface area contributed by atoms with Crippen LogP contribution in [0.1, 0.15) is 5.56 Å². The van der Waals surface area contributed by atoms with E-state index in [1.165, 1.54) is 41.8 Å². The third kappa shape index (κ3) is 3.74. The number of benzene rings is 1. The molecule has 22 heavy (non-hydrogen) atoms. The summed E-state index contributed by atoms with van der Waals surface area (Å²) in [6, 6.07) is 8.07. The van der Waals surface area contributed by atoms with Gasteiger partial charge in [-0.05, 0) is 35.9 Å². The molecule has 0 spiro atoms. The van der Waals surface area contributed by atoms with Crippen LogP contribution in [-0.4, -0.2) is 10.8 Å². The third-order valence-corrected chi connectivity index (χ3v) is 3.46. The number of carbonyl (C=O) groups excluding carboxylic acids is 1. The topological polar surface area (TPSA) is 96.0 Å². The Kier molecular flexibility index (Phi) is 4.60. The van der Waals surface area contributed by atoms with Gasteiger partial charge in [-0.3, -0.25) is 14.9 Å². The summed E-state index contributed by atoms with van der Waals surface area (Å²) < 4.78 is 12.8. The number of amides is 1. The van der Waals surface area contributed by atoms with Crippen molar-refractivity contribution in [3.63, 3.8) is 0 Å². The van der Waals surface area contributed by atoms with E-state index in [1.54, 1.807) is 6.07 Å². The van der Waals surface area contributed by atoms with Crippen molar-refractivity contribution in [3.05, 3.63) is 62.8 Å². The van der Waals surface area contributed by atoms with Gasteiger partial charge in [0, 0.05) is 17.1 Å². The van der Waals surface area contributed by atoms with Gasteiger partial charge in [0.05, 0.1) is 4.92 Å². The van der Waals surface area contributed by atoms with Crippen LogP contribution in [-0.2, 0) is 4.79 Å². The molecule has 2 rings (SSSR count). The molecule has 0 saturated heterocycles. The molecule has 110 valence electrons. The van der Waals surface area contributed by atoms with Crippen LogP contribution in [0, 0.1) is 27.3 Å². The fraction of sp³-hybridized carbons (Fsp3) is 0. The van der Waals surface area contributed by atoms with Crippen LogP contribution in [0.5, 0.6) is 0 Å². The summed E-state index contributed by atoms with van der Waals surface area (Å²) >= 11 is 0.901. The van der Waals surface area contributed by atoms with Crippen LogP contribution in [0.3, 0.4) is 0 Å². The Morgan fingerprint density at radius 2 is 2.09 bits per heavy atom. The molecule has 8 heteroatoms. The number of halogens is 1. The Balaban J connectivity index is 2.17. The van der Waals surface area contributed by atoms with Crippen LogP contribution in [0.2, 0.25) is 0 Å². The number of nitrogens with one attached hydrogen (secondary N) is 1. The van der Waals surface area contributed by atoms with Gasteiger partial charge < -0.3 is 5.32 Å². The first-order valence-corrected chi connectivity index (χ1v) is 6.79. The molecule has 0 atom stereocenters. The molecular weight excluding hydrogens is 309 g/mol. The zero-order chi connectivity index (χ0) is 16.1. The molecule has 1 N–H and O–H groups in total. The SMILES string of the molecule is N#C/C(=C/c1csc([N+](=O)[O-])c1)C(=O)Nc1ccc(F)cc1. The second kappa shape index (κ2) is 6.60. The molecule has 0 aliphatic rings. The Morgan fingerprint density at radius 3 is 2.64 bits per heavy atom.